The molecule has 216 valence electrons. The lowest BCUT2D eigenvalue weighted by Crippen LogP contribution is -2.40. The third-order valence-electron chi connectivity index (χ3n) is 6.99. The summed E-state index contributed by atoms with van der Waals surface area (Å²) in [4.78, 5) is 26.8. The highest BCUT2D eigenvalue weighted by molar-refractivity contribution is 5.91. The molecule has 3 heterocycles. The van der Waals surface area contributed by atoms with Crippen LogP contribution < -0.4 is 14.8 Å². The van der Waals surface area contributed by atoms with E-state index in [0.29, 0.717) is 70.3 Å². The van der Waals surface area contributed by atoms with Crippen molar-refractivity contribution in [3.63, 3.8) is 0 Å². The number of carbonyl (C=O) groups is 2. The summed E-state index contributed by atoms with van der Waals surface area (Å²) in [6, 6.07) is 5.79. The van der Waals surface area contributed by atoms with Crippen molar-refractivity contribution in [3.8, 4) is 11.5 Å². The fourth-order valence-electron chi connectivity index (χ4n) is 5.04. The number of carbonyl (C=O) groups excluding carboxylic acids is 2. The van der Waals surface area contributed by atoms with Crippen LogP contribution in [0.3, 0.4) is 0 Å². The number of fused-ring (bicyclic) bond motifs is 1. The van der Waals surface area contributed by atoms with Crippen molar-refractivity contribution in [2.45, 2.75) is 44.8 Å². The summed E-state index contributed by atoms with van der Waals surface area (Å²) in [5.41, 5.74) is 0.960. The quantitative estimate of drug-likeness (QED) is 0.298. The van der Waals surface area contributed by atoms with Crippen molar-refractivity contribution in [1.29, 1.82) is 0 Å². The number of likely N-dealkylation sites (tertiary alicyclic amines) is 1. The van der Waals surface area contributed by atoms with Crippen molar-refractivity contribution in [2.75, 3.05) is 66.1 Å². The summed E-state index contributed by atoms with van der Waals surface area (Å²) >= 11 is 0. The smallest absolute Gasteiger partial charge is 0.286 e. The molecule has 3 aliphatic heterocycles. The molecule has 0 saturated carbocycles. The van der Waals surface area contributed by atoms with E-state index in [1.807, 2.05) is 36.1 Å². The summed E-state index contributed by atoms with van der Waals surface area (Å²) in [7, 11) is 0. The van der Waals surface area contributed by atoms with Crippen molar-refractivity contribution in [1.82, 2.24) is 10.2 Å². The Balaban J connectivity index is 1.43. The number of nitrogens with one attached hydrogen (secondary N) is 1. The van der Waals surface area contributed by atoms with Gasteiger partial charge in [0.2, 0.25) is 19.0 Å². The van der Waals surface area contributed by atoms with Gasteiger partial charge in [0.25, 0.3) is 5.91 Å². The maximum atomic E-state index is 13.1. The molecule has 1 fully saturated rings. The number of rotatable bonds is 16. The maximum absolute atomic E-state index is 13.1. The summed E-state index contributed by atoms with van der Waals surface area (Å²) in [6.45, 7) is 5.87. The second-order valence-corrected chi connectivity index (χ2v) is 9.61. The monoisotopic (exact) mass is 548 g/mol. The lowest BCUT2D eigenvalue weighted by atomic mass is 9.81. The van der Waals surface area contributed by atoms with Crippen LogP contribution in [0.1, 0.15) is 44.1 Å². The number of aliphatic hydroxyl groups is 1. The second kappa shape index (κ2) is 15.1. The largest absolute Gasteiger partial charge is 0.459 e. The third kappa shape index (κ3) is 8.07. The molecule has 0 bridgehead atoms. The van der Waals surface area contributed by atoms with Crippen molar-refractivity contribution in [2.24, 2.45) is 5.92 Å². The van der Waals surface area contributed by atoms with Crippen LogP contribution in [-0.4, -0.2) is 94.2 Å². The van der Waals surface area contributed by atoms with E-state index in [9.17, 15) is 9.59 Å². The third-order valence-corrected chi connectivity index (χ3v) is 6.99. The molecule has 4 rings (SSSR count). The van der Waals surface area contributed by atoms with Crippen molar-refractivity contribution in [3.05, 3.63) is 35.6 Å². The number of aliphatic hydroxyl groups excluding tert-OH is 1. The molecule has 0 spiro atoms. The fourth-order valence-corrected chi connectivity index (χ4v) is 5.04. The van der Waals surface area contributed by atoms with Crippen molar-refractivity contribution >= 4 is 11.8 Å². The first-order valence-electron chi connectivity index (χ1n) is 13.8. The first-order chi connectivity index (χ1) is 19.1. The van der Waals surface area contributed by atoms with Crippen LogP contribution in [0.2, 0.25) is 0 Å². The lowest BCUT2D eigenvalue weighted by molar-refractivity contribution is -0.168. The van der Waals surface area contributed by atoms with E-state index in [-0.39, 0.29) is 49.4 Å². The SMILES string of the molecule is CCO[C@@H]1OC(C(=O)NCCCN2CCCC2=O)=C[C@H](c2ccc3c(c2)OCO3)[C@@H]1CCOCCOCCO. The number of hydrogen-bond acceptors (Lipinski definition) is 9. The molecular formula is C28H40N2O9. The molecule has 1 aromatic rings. The Labute approximate surface area is 229 Å². The molecule has 2 amide bonds. The topological polar surface area (TPSA) is 125 Å². The molecule has 39 heavy (non-hydrogen) atoms. The van der Waals surface area contributed by atoms with E-state index in [1.54, 1.807) is 0 Å². The average molecular weight is 549 g/mol. The molecule has 1 saturated heterocycles. The molecule has 0 unspecified atom stereocenters. The van der Waals surface area contributed by atoms with Gasteiger partial charge in [0.1, 0.15) is 0 Å². The van der Waals surface area contributed by atoms with Crippen LogP contribution in [-0.2, 0) is 28.5 Å². The van der Waals surface area contributed by atoms with E-state index in [2.05, 4.69) is 5.32 Å². The highest BCUT2D eigenvalue weighted by Gasteiger charge is 2.38. The number of hydrogen-bond donors (Lipinski definition) is 2. The first-order valence-corrected chi connectivity index (χ1v) is 13.8. The first kappa shape index (κ1) is 29.1. The van der Waals surface area contributed by atoms with E-state index in [4.69, 9.17) is 33.5 Å². The zero-order valence-corrected chi connectivity index (χ0v) is 22.6. The zero-order valence-electron chi connectivity index (χ0n) is 22.6. The van der Waals surface area contributed by atoms with Gasteiger partial charge in [-0.15, -0.1) is 0 Å². The van der Waals surface area contributed by atoms with E-state index in [0.717, 1.165) is 18.5 Å². The van der Waals surface area contributed by atoms with Gasteiger partial charge in [0.05, 0.1) is 26.4 Å². The molecular weight excluding hydrogens is 508 g/mol. The summed E-state index contributed by atoms with van der Waals surface area (Å²) in [5, 5.41) is 11.8. The molecule has 1 aromatic carbocycles. The number of amides is 2. The van der Waals surface area contributed by atoms with E-state index in [1.165, 1.54) is 0 Å². The van der Waals surface area contributed by atoms with Gasteiger partial charge >= 0.3 is 0 Å². The molecule has 11 heteroatoms. The normalized spacial score (nSPS) is 22.1. The molecule has 0 radical (unpaired) electrons. The Morgan fingerprint density at radius 1 is 1.15 bits per heavy atom. The van der Waals surface area contributed by atoms with Crippen LogP contribution in [0.25, 0.3) is 0 Å². The number of allylic oxidation sites excluding steroid dienone is 1. The van der Waals surface area contributed by atoms with Crippen LogP contribution >= 0.6 is 0 Å². The van der Waals surface area contributed by atoms with Gasteiger partial charge in [-0.25, -0.2) is 0 Å². The molecule has 0 aliphatic carbocycles. The fraction of sp³-hybridized carbons (Fsp3) is 0.643. The Morgan fingerprint density at radius 3 is 2.74 bits per heavy atom. The minimum absolute atomic E-state index is 0.0208. The lowest BCUT2D eigenvalue weighted by Gasteiger charge is -2.37. The average Bonchev–Trinajstić information content (AvgIpc) is 3.59. The number of nitrogens with zero attached hydrogens (tertiary/aromatic N) is 1. The number of benzene rings is 1. The molecule has 2 N–H and O–H groups in total. The molecule has 3 aliphatic rings. The maximum Gasteiger partial charge on any atom is 0.286 e. The van der Waals surface area contributed by atoms with Crippen molar-refractivity contribution < 1.29 is 43.1 Å². The predicted molar refractivity (Wildman–Crippen MR) is 140 cm³/mol. The number of ether oxygens (including phenoxy) is 6. The van der Waals surface area contributed by atoms with E-state index >= 15 is 0 Å². The Hall–Kier alpha value is -2.86. The summed E-state index contributed by atoms with van der Waals surface area (Å²) in [6.07, 6.45) is 4.01. The minimum Gasteiger partial charge on any atom is -0.459 e. The molecule has 11 nitrogen and oxygen atoms in total. The Kier molecular flexibility index (Phi) is 11.3. The highest BCUT2D eigenvalue weighted by atomic mass is 16.7. The van der Waals surface area contributed by atoms with Crippen LogP contribution in [0.4, 0.5) is 0 Å². The van der Waals surface area contributed by atoms with E-state index < -0.39 is 6.29 Å². The van der Waals surface area contributed by atoms with Gasteiger partial charge < -0.3 is 43.7 Å². The highest BCUT2D eigenvalue weighted by Crippen LogP contribution is 2.42. The Bertz CT molecular complexity index is 986. The molecule has 3 atom stereocenters. The van der Waals surface area contributed by atoms with Gasteiger partial charge in [-0.3, -0.25) is 9.59 Å². The predicted octanol–water partition coefficient (Wildman–Crippen LogP) is 1.94. The van der Waals surface area contributed by atoms with Crippen LogP contribution in [0.5, 0.6) is 11.5 Å². The van der Waals surface area contributed by atoms with Crippen LogP contribution in [0.15, 0.2) is 30.0 Å². The Morgan fingerprint density at radius 2 is 1.97 bits per heavy atom. The summed E-state index contributed by atoms with van der Waals surface area (Å²) < 4.78 is 34.2. The van der Waals surface area contributed by atoms with Crippen LogP contribution in [0, 0.1) is 5.92 Å². The molecule has 0 aromatic heterocycles. The summed E-state index contributed by atoms with van der Waals surface area (Å²) in [5.74, 6) is 1.12. The van der Waals surface area contributed by atoms with Gasteiger partial charge in [-0.2, -0.15) is 0 Å². The minimum atomic E-state index is -0.646. The van der Waals surface area contributed by atoms with Gasteiger partial charge in [-0.1, -0.05) is 6.07 Å². The zero-order chi connectivity index (χ0) is 27.5. The van der Waals surface area contributed by atoms with Gasteiger partial charge in [0.15, 0.2) is 17.3 Å². The standard InChI is InChI=1S/C28H40N2O9/c1-2-36-28-21(8-13-34-15-16-35-14-12-31)22(20-6-7-23-24(17-20)38-19-37-23)18-25(39-28)27(33)29-9-4-11-30-10-3-5-26(30)32/h6-7,17-18,21-22,28,31H,2-5,8-16,19H2,1H3,(H,29,33)/t21-,22+,28+/m0/s1. The van der Waals surface area contributed by atoms with Gasteiger partial charge in [0, 0.05) is 51.1 Å². The second-order valence-electron chi connectivity index (χ2n) is 9.61. The van der Waals surface area contributed by atoms with Gasteiger partial charge in [-0.05, 0) is 50.0 Å².